The fourth-order valence-corrected chi connectivity index (χ4v) is 3.66. The van der Waals surface area contributed by atoms with E-state index in [9.17, 15) is 18.8 Å². The van der Waals surface area contributed by atoms with Gasteiger partial charge in [0, 0.05) is 32.5 Å². The van der Waals surface area contributed by atoms with Gasteiger partial charge in [0.25, 0.3) is 5.91 Å². The van der Waals surface area contributed by atoms with Gasteiger partial charge in [0.15, 0.2) is 0 Å². The van der Waals surface area contributed by atoms with Crippen LogP contribution < -0.4 is 16.1 Å². The van der Waals surface area contributed by atoms with Gasteiger partial charge >= 0.3 is 0 Å². The number of anilines is 1. The first-order valence-electron chi connectivity index (χ1n) is 9.82. The highest BCUT2D eigenvalue weighted by atomic mass is 19.1. The number of halogens is 1. The van der Waals surface area contributed by atoms with Gasteiger partial charge in [0.1, 0.15) is 17.6 Å². The number of nitrogens with two attached hydrogens (primary N) is 1. The molecular formula is C20H26FN5O3. The highest BCUT2D eigenvalue weighted by molar-refractivity contribution is 6.40. The number of nitrogens with zero attached hydrogens (tertiary/aromatic N) is 3. The lowest BCUT2D eigenvalue weighted by Gasteiger charge is -2.31. The summed E-state index contributed by atoms with van der Waals surface area (Å²) in [6, 6.07) is 4.60. The molecule has 2 aliphatic rings. The van der Waals surface area contributed by atoms with E-state index in [1.807, 2.05) is 4.90 Å². The van der Waals surface area contributed by atoms with Crippen molar-refractivity contribution in [3.8, 4) is 0 Å². The predicted molar refractivity (Wildman–Crippen MR) is 107 cm³/mol. The summed E-state index contributed by atoms with van der Waals surface area (Å²) in [4.78, 5) is 38.4. The largest absolute Gasteiger partial charge is 0.368 e. The van der Waals surface area contributed by atoms with Gasteiger partial charge < -0.3 is 16.0 Å². The Balaban J connectivity index is 1.57. The molecule has 29 heavy (non-hydrogen) atoms. The number of carbonyl (C=O) groups excluding carboxylic acids is 3. The summed E-state index contributed by atoms with van der Waals surface area (Å²) >= 11 is 0. The minimum absolute atomic E-state index is 0.0214. The van der Waals surface area contributed by atoms with E-state index in [1.54, 1.807) is 0 Å². The third-order valence-electron chi connectivity index (χ3n) is 5.23. The summed E-state index contributed by atoms with van der Waals surface area (Å²) in [6.07, 6.45) is 2.40. The normalized spacial score (nSPS) is 21.7. The lowest BCUT2D eigenvalue weighted by molar-refractivity contribution is -0.132. The minimum atomic E-state index is -0.822. The predicted octanol–water partition coefficient (Wildman–Crippen LogP) is 1.01. The number of hydrogen-bond acceptors (Lipinski definition) is 5. The molecule has 8 nitrogen and oxygen atoms in total. The molecule has 3 amide bonds. The number of piperidine rings is 1. The molecule has 2 aliphatic heterocycles. The third kappa shape index (κ3) is 5.10. The molecule has 1 fully saturated rings. The summed E-state index contributed by atoms with van der Waals surface area (Å²) in [7, 11) is 0. The van der Waals surface area contributed by atoms with Crippen molar-refractivity contribution in [2.45, 2.75) is 38.6 Å². The van der Waals surface area contributed by atoms with Crippen molar-refractivity contribution in [3.05, 3.63) is 30.1 Å². The molecule has 9 heteroatoms. The zero-order valence-electron chi connectivity index (χ0n) is 16.4. The van der Waals surface area contributed by atoms with Gasteiger partial charge in [-0.2, -0.15) is 5.10 Å². The smallest absolute Gasteiger partial charge is 0.267 e. The summed E-state index contributed by atoms with van der Waals surface area (Å²) in [5.74, 6) is -0.972. The molecule has 0 aromatic heterocycles. The standard InChI is InChI=1S/C20H26FN5O3/c1-13-3-2-10-25(12-13)18(27)8-9-23-20(29)16-11-17(19(22)28)26(24-16)15-6-4-14(21)5-7-15/h4-7,13,17H,2-3,8-12H2,1H3,(H2,22,28)(H,23,29). The second kappa shape index (κ2) is 9.02. The van der Waals surface area contributed by atoms with E-state index >= 15 is 0 Å². The van der Waals surface area contributed by atoms with E-state index in [2.05, 4.69) is 17.3 Å². The number of rotatable bonds is 6. The Labute approximate surface area is 168 Å². The first-order valence-corrected chi connectivity index (χ1v) is 9.82. The molecule has 1 saturated heterocycles. The fraction of sp³-hybridized carbons (Fsp3) is 0.500. The van der Waals surface area contributed by atoms with Crippen molar-refractivity contribution < 1.29 is 18.8 Å². The highest BCUT2D eigenvalue weighted by Gasteiger charge is 2.35. The molecule has 0 bridgehead atoms. The van der Waals surface area contributed by atoms with Gasteiger partial charge in [0.05, 0.1) is 5.69 Å². The number of amides is 3. The fourth-order valence-electron chi connectivity index (χ4n) is 3.66. The third-order valence-corrected chi connectivity index (χ3v) is 5.23. The molecule has 1 aromatic carbocycles. The number of hydrogen-bond donors (Lipinski definition) is 2. The quantitative estimate of drug-likeness (QED) is 0.739. The van der Waals surface area contributed by atoms with Gasteiger partial charge in [-0.3, -0.25) is 19.4 Å². The summed E-state index contributed by atoms with van der Waals surface area (Å²) < 4.78 is 13.2. The van der Waals surface area contributed by atoms with Gasteiger partial charge in [-0.1, -0.05) is 6.92 Å². The number of hydrazone groups is 1. The van der Waals surface area contributed by atoms with E-state index in [-0.39, 0.29) is 31.0 Å². The van der Waals surface area contributed by atoms with Crippen LogP contribution in [0.2, 0.25) is 0 Å². The zero-order valence-corrected chi connectivity index (χ0v) is 16.4. The first-order chi connectivity index (χ1) is 13.8. The van der Waals surface area contributed by atoms with Crippen LogP contribution in [0.25, 0.3) is 0 Å². The molecule has 0 aliphatic carbocycles. The van der Waals surface area contributed by atoms with Crippen LogP contribution in [0.5, 0.6) is 0 Å². The monoisotopic (exact) mass is 403 g/mol. The Hall–Kier alpha value is -2.97. The molecule has 0 radical (unpaired) electrons. The Kier molecular flexibility index (Phi) is 6.46. The molecule has 156 valence electrons. The van der Waals surface area contributed by atoms with Crippen molar-refractivity contribution in [2.75, 3.05) is 24.6 Å². The second-order valence-corrected chi connectivity index (χ2v) is 7.58. The van der Waals surface area contributed by atoms with Crippen LogP contribution in [-0.4, -0.2) is 54.0 Å². The van der Waals surface area contributed by atoms with Crippen LogP contribution in [0.1, 0.15) is 32.6 Å². The Morgan fingerprint density at radius 1 is 1.28 bits per heavy atom. The van der Waals surface area contributed by atoms with E-state index in [0.29, 0.717) is 11.6 Å². The van der Waals surface area contributed by atoms with Crippen molar-refractivity contribution in [3.63, 3.8) is 0 Å². The second-order valence-electron chi connectivity index (χ2n) is 7.58. The maximum Gasteiger partial charge on any atom is 0.267 e. The Morgan fingerprint density at radius 3 is 2.66 bits per heavy atom. The van der Waals surface area contributed by atoms with E-state index in [1.165, 1.54) is 29.3 Å². The van der Waals surface area contributed by atoms with Crippen molar-refractivity contribution in [1.82, 2.24) is 10.2 Å². The average molecular weight is 403 g/mol. The van der Waals surface area contributed by atoms with Crippen LogP contribution in [0.3, 0.4) is 0 Å². The van der Waals surface area contributed by atoms with Gasteiger partial charge in [-0.05, 0) is 43.0 Å². The molecule has 0 saturated carbocycles. The lowest BCUT2D eigenvalue weighted by Crippen LogP contribution is -2.41. The molecule has 2 unspecified atom stereocenters. The maximum absolute atomic E-state index is 13.2. The number of benzene rings is 1. The Bertz CT molecular complexity index is 811. The molecule has 0 spiro atoms. The van der Waals surface area contributed by atoms with Crippen LogP contribution >= 0.6 is 0 Å². The zero-order chi connectivity index (χ0) is 21.0. The van der Waals surface area contributed by atoms with Crippen molar-refractivity contribution >= 4 is 29.1 Å². The van der Waals surface area contributed by atoms with Crippen LogP contribution in [-0.2, 0) is 14.4 Å². The number of primary amides is 1. The van der Waals surface area contributed by atoms with Crippen molar-refractivity contribution in [2.24, 2.45) is 16.8 Å². The molecule has 2 heterocycles. The van der Waals surface area contributed by atoms with Gasteiger partial charge in [-0.15, -0.1) is 0 Å². The SMILES string of the molecule is CC1CCCN(C(=O)CCNC(=O)C2=NN(c3ccc(F)cc3)C(C(N)=O)C2)C1. The van der Waals surface area contributed by atoms with Crippen LogP contribution in [0.15, 0.2) is 29.4 Å². The molecule has 3 rings (SSSR count). The molecule has 1 aromatic rings. The molecule has 3 N–H and O–H groups in total. The van der Waals surface area contributed by atoms with Crippen molar-refractivity contribution in [1.29, 1.82) is 0 Å². The van der Waals surface area contributed by atoms with Crippen LogP contribution in [0.4, 0.5) is 10.1 Å². The molecule has 2 atom stereocenters. The topological polar surface area (TPSA) is 108 Å². The highest BCUT2D eigenvalue weighted by Crippen LogP contribution is 2.25. The maximum atomic E-state index is 13.2. The van der Waals surface area contributed by atoms with E-state index in [4.69, 9.17) is 5.73 Å². The number of carbonyl (C=O) groups is 3. The Morgan fingerprint density at radius 2 is 2.00 bits per heavy atom. The van der Waals surface area contributed by atoms with E-state index in [0.717, 1.165) is 25.9 Å². The average Bonchev–Trinajstić information content (AvgIpc) is 3.14. The van der Waals surface area contributed by atoms with Gasteiger partial charge in [0.2, 0.25) is 11.8 Å². The summed E-state index contributed by atoms with van der Waals surface area (Å²) in [5.41, 5.74) is 6.06. The number of nitrogens with one attached hydrogen (secondary N) is 1. The van der Waals surface area contributed by atoms with Gasteiger partial charge in [-0.25, -0.2) is 4.39 Å². The molecular weight excluding hydrogens is 377 g/mol. The summed E-state index contributed by atoms with van der Waals surface area (Å²) in [6.45, 7) is 3.84. The first kappa shape index (κ1) is 20.8. The minimum Gasteiger partial charge on any atom is -0.368 e. The van der Waals surface area contributed by atoms with E-state index < -0.39 is 23.7 Å². The summed E-state index contributed by atoms with van der Waals surface area (Å²) in [5, 5.41) is 8.23. The lowest BCUT2D eigenvalue weighted by atomic mass is 10.00. The number of likely N-dealkylation sites (tertiary alicyclic amines) is 1. The van der Waals surface area contributed by atoms with Crippen LogP contribution in [0, 0.1) is 11.7 Å².